The Balaban J connectivity index is 1.86. The second-order valence-electron chi connectivity index (χ2n) is 8.87. The fraction of sp³-hybridized carbons (Fsp3) is 0.407. The van der Waals surface area contributed by atoms with E-state index in [0.717, 1.165) is 55.5 Å². The van der Waals surface area contributed by atoms with Gasteiger partial charge in [-0.15, -0.1) is 0 Å². The van der Waals surface area contributed by atoms with Gasteiger partial charge in [-0.2, -0.15) is 0 Å². The number of aryl methyl sites for hydroxylation is 2. The first-order valence-electron chi connectivity index (χ1n) is 11.6. The maximum absolute atomic E-state index is 13.1. The molecule has 3 rings (SSSR count). The summed E-state index contributed by atoms with van der Waals surface area (Å²) in [5.41, 5.74) is 4.02. The van der Waals surface area contributed by atoms with Crippen molar-refractivity contribution in [2.24, 2.45) is 5.92 Å². The highest BCUT2D eigenvalue weighted by Crippen LogP contribution is 2.24. The van der Waals surface area contributed by atoms with Crippen LogP contribution in [-0.4, -0.2) is 20.2 Å². The lowest BCUT2D eigenvalue weighted by Crippen LogP contribution is -2.26. The van der Waals surface area contributed by atoms with Gasteiger partial charge in [-0.25, -0.2) is 9.59 Å². The van der Waals surface area contributed by atoms with Crippen molar-refractivity contribution in [1.82, 2.24) is 9.13 Å². The molecule has 0 amide bonds. The summed E-state index contributed by atoms with van der Waals surface area (Å²) in [6.07, 6.45) is 7.31. The predicted octanol–water partition coefficient (Wildman–Crippen LogP) is 5.84. The Bertz CT molecular complexity index is 1090. The van der Waals surface area contributed by atoms with Crippen molar-refractivity contribution in [2.75, 3.05) is 0 Å². The molecule has 0 bridgehead atoms. The van der Waals surface area contributed by atoms with Gasteiger partial charge in [0.25, 0.3) is 0 Å². The third-order valence-electron chi connectivity index (χ3n) is 5.88. The largest absolute Gasteiger partial charge is 0.478 e. The number of nitrogens with zero attached hydrogens (tertiary/aromatic N) is 2. The van der Waals surface area contributed by atoms with Gasteiger partial charge < -0.3 is 5.11 Å². The summed E-state index contributed by atoms with van der Waals surface area (Å²) >= 11 is 0. The van der Waals surface area contributed by atoms with Crippen molar-refractivity contribution in [3.05, 3.63) is 82.0 Å². The van der Waals surface area contributed by atoms with E-state index in [0.29, 0.717) is 18.0 Å². The predicted molar refractivity (Wildman–Crippen MR) is 129 cm³/mol. The standard InChI is InChI=1S/C27H34N2O3/c1-4-5-6-9-23-19-28(17-16-20(2)3)27(32)29(23)18-21-12-14-22(15-13-21)24-10-7-8-11-25(24)26(30)31/h7-8,10-15,19-20H,4-6,9,16-18H2,1-3H3,(H,30,31). The maximum Gasteiger partial charge on any atom is 0.336 e. The quantitative estimate of drug-likeness (QED) is 0.386. The zero-order valence-electron chi connectivity index (χ0n) is 19.4. The minimum absolute atomic E-state index is 0.0532. The number of carbonyl (C=O) groups is 1. The monoisotopic (exact) mass is 434 g/mol. The van der Waals surface area contributed by atoms with Crippen molar-refractivity contribution in [3.8, 4) is 11.1 Å². The summed E-state index contributed by atoms with van der Waals surface area (Å²) in [6.45, 7) is 7.80. The first-order valence-corrected chi connectivity index (χ1v) is 11.6. The van der Waals surface area contributed by atoms with Crippen molar-refractivity contribution in [1.29, 1.82) is 0 Å². The first kappa shape index (κ1) is 23.6. The Hall–Kier alpha value is -3.08. The number of benzene rings is 2. The normalized spacial score (nSPS) is 11.2. The molecule has 0 fully saturated rings. The summed E-state index contributed by atoms with van der Waals surface area (Å²) < 4.78 is 3.76. The number of aromatic nitrogens is 2. The van der Waals surface area contributed by atoms with Crippen LogP contribution in [0.15, 0.2) is 59.5 Å². The molecule has 0 aliphatic heterocycles. The van der Waals surface area contributed by atoms with Gasteiger partial charge in [-0.05, 0) is 47.9 Å². The van der Waals surface area contributed by atoms with Gasteiger partial charge in [0, 0.05) is 18.4 Å². The van der Waals surface area contributed by atoms with Crippen LogP contribution in [-0.2, 0) is 19.5 Å². The topological polar surface area (TPSA) is 64.2 Å². The van der Waals surface area contributed by atoms with Gasteiger partial charge >= 0.3 is 11.7 Å². The van der Waals surface area contributed by atoms with Crippen LogP contribution in [0.2, 0.25) is 0 Å². The number of hydrogen-bond donors (Lipinski definition) is 1. The van der Waals surface area contributed by atoms with Crippen LogP contribution in [0.5, 0.6) is 0 Å². The lowest BCUT2D eigenvalue weighted by atomic mass is 9.99. The summed E-state index contributed by atoms with van der Waals surface area (Å²) in [4.78, 5) is 24.7. The van der Waals surface area contributed by atoms with Crippen LogP contribution < -0.4 is 5.69 Å². The smallest absolute Gasteiger partial charge is 0.336 e. The fourth-order valence-electron chi connectivity index (χ4n) is 3.96. The van der Waals surface area contributed by atoms with Crippen LogP contribution in [0.25, 0.3) is 11.1 Å². The second-order valence-corrected chi connectivity index (χ2v) is 8.87. The van der Waals surface area contributed by atoms with Gasteiger partial charge in [0.15, 0.2) is 0 Å². The van der Waals surface area contributed by atoms with Crippen LogP contribution in [0, 0.1) is 5.92 Å². The molecule has 1 heterocycles. The fourth-order valence-corrected chi connectivity index (χ4v) is 3.96. The van der Waals surface area contributed by atoms with E-state index >= 15 is 0 Å². The average Bonchev–Trinajstić information content (AvgIpc) is 3.07. The van der Waals surface area contributed by atoms with Crippen LogP contribution in [0.4, 0.5) is 0 Å². The van der Waals surface area contributed by atoms with E-state index < -0.39 is 5.97 Å². The number of carboxylic acid groups (broad SMARTS) is 1. The Labute approximate surface area is 190 Å². The number of carboxylic acids is 1. The van der Waals surface area contributed by atoms with E-state index in [1.807, 2.05) is 51.7 Å². The summed E-state index contributed by atoms with van der Waals surface area (Å²) in [5, 5.41) is 9.47. The third kappa shape index (κ3) is 5.78. The van der Waals surface area contributed by atoms with Crippen molar-refractivity contribution < 1.29 is 9.90 Å². The second kappa shape index (κ2) is 11.0. The molecule has 0 unspecified atom stereocenters. The molecule has 0 atom stereocenters. The average molecular weight is 435 g/mol. The van der Waals surface area contributed by atoms with Gasteiger partial charge in [0.1, 0.15) is 0 Å². The molecular formula is C27H34N2O3. The molecule has 0 radical (unpaired) electrons. The lowest BCUT2D eigenvalue weighted by molar-refractivity contribution is 0.0697. The molecule has 0 saturated heterocycles. The molecule has 1 aromatic heterocycles. The van der Waals surface area contributed by atoms with Crippen molar-refractivity contribution in [2.45, 2.75) is 66.0 Å². The van der Waals surface area contributed by atoms with E-state index in [9.17, 15) is 14.7 Å². The highest BCUT2D eigenvalue weighted by atomic mass is 16.4. The minimum atomic E-state index is -0.935. The number of unbranched alkanes of at least 4 members (excludes halogenated alkanes) is 2. The van der Waals surface area contributed by atoms with Crippen molar-refractivity contribution >= 4 is 5.97 Å². The molecule has 3 aromatic rings. The molecule has 1 N–H and O–H groups in total. The zero-order valence-corrected chi connectivity index (χ0v) is 19.4. The summed E-state index contributed by atoms with van der Waals surface area (Å²) in [6, 6.07) is 14.9. The van der Waals surface area contributed by atoms with Crippen LogP contribution in [0.3, 0.4) is 0 Å². The lowest BCUT2D eigenvalue weighted by Gasteiger charge is -2.10. The Morgan fingerprint density at radius 3 is 2.41 bits per heavy atom. The Kier molecular flexibility index (Phi) is 8.09. The molecule has 0 aliphatic rings. The molecule has 5 nitrogen and oxygen atoms in total. The Morgan fingerprint density at radius 2 is 1.75 bits per heavy atom. The van der Waals surface area contributed by atoms with E-state index in [4.69, 9.17) is 0 Å². The van der Waals surface area contributed by atoms with E-state index in [2.05, 4.69) is 20.8 Å². The molecular weight excluding hydrogens is 400 g/mol. The first-order chi connectivity index (χ1) is 15.4. The molecule has 0 saturated carbocycles. The minimum Gasteiger partial charge on any atom is -0.478 e. The number of hydrogen-bond acceptors (Lipinski definition) is 2. The number of rotatable bonds is 11. The molecule has 0 spiro atoms. The maximum atomic E-state index is 13.1. The van der Waals surface area contributed by atoms with Gasteiger partial charge in [0.2, 0.25) is 0 Å². The molecule has 5 heteroatoms. The summed E-state index contributed by atoms with van der Waals surface area (Å²) in [7, 11) is 0. The summed E-state index contributed by atoms with van der Waals surface area (Å²) in [5.74, 6) is -0.384. The van der Waals surface area contributed by atoms with Crippen LogP contribution in [0.1, 0.15) is 68.1 Å². The van der Waals surface area contributed by atoms with Crippen molar-refractivity contribution in [3.63, 3.8) is 0 Å². The highest BCUT2D eigenvalue weighted by molar-refractivity contribution is 5.95. The molecule has 32 heavy (non-hydrogen) atoms. The zero-order chi connectivity index (χ0) is 23.1. The van der Waals surface area contributed by atoms with E-state index in [1.54, 1.807) is 12.1 Å². The van der Waals surface area contributed by atoms with Gasteiger partial charge in [-0.1, -0.05) is 76.1 Å². The van der Waals surface area contributed by atoms with E-state index in [1.165, 1.54) is 0 Å². The molecule has 0 aliphatic carbocycles. The third-order valence-corrected chi connectivity index (χ3v) is 5.88. The molecule has 2 aromatic carbocycles. The number of imidazole rings is 1. The Morgan fingerprint density at radius 1 is 1.03 bits per heavy atom. The van der Waals surface area contributed by atoms with Gasteiger partial charge in [-0.3, -0.25) is 9.13 Å². The highest BCUT2D eigenvalue weighted by Gasteiger charge is 2.14. The molecule has 170 valence electrons. The van der Waals surface area contributed by atoms with Gasteiger partial charge in [0.05, 0.1) is 12.1 Å². The number of aromatic carboxylic acids is 1. The van der Waals surface area contributed by atoms with E-state index in [-0.39, 0.29) is 11.3 Å². The SMILES string of the molecule is CCCCCc1cn(CCC(C)C)c(=O)n1Cc1ccc(-c2ccccc2C(=O)O)cc1. The van der Waals surface area contributed by atoms with Crippen LogP contribution >= 0.6 is 0 Å².